The Hall–Kier alpha value is -3.95. The molecule has 0 bridgehead atoms. The average Bonchev–Trinajstić information content (AvgIpc) is 2.92. The van der Waals surface area contributed by atoms with Crippen molar-refractivity contribution >= 4 is 23.3 Å². The molecular formula is C20H17N5O3. The number of azide groups is 1. The molecule has 0 N–H and O–H groups in total. The molecule has 28 heavy (non-hydrogen) atoms. The zero-order chi connectivity index (χ0) is 20.1. The Morgan fingerprint density at radius 1 is 1.18 bits per heavy atom. The van der Waals surface area contributed by atoms with Crippen molar-refractivity contribution in [1.29, 1.82) is 0 Å². The van der Waals surface area contributed by atoms with E-state index in [0.717, 1.165) is 10.5 Å². The number of carbonyl (C=O) groups is 2. The van der Waals surface area contributed by atoms with Crippen LogP contribution in [0.1, 0.15) is 12.5 Å². The predicted molar refractivity (Wildman–Crippen MR) is 104 cm³/mol. The second-order valence-electron chi connectivity index (χ2n) is 6.10. The Labute approximate surface area is 161 Å². The smallest absolute Gasteiger partial charge is 0.332 e. The minimum atomic E-state index is -0.596. The summed E-state index contributed by atoms with van der Waals surface area (Å²) in [5.74, 6) is 2.64. The molecule has 1 heterocycles. The monoisotopic (exact) mass is 375 g/mol. The van der Waals surface area contributed by atoms with E-state index in [9.17, 15) is 9.59 Å². The van der Waals surface area contributed by atoms with Crippen LogP contribution in [0.25, 0.3) is 10.4 Å². The van der Waals surface area contributed by atoms with Gasteiger partial charge in [0.05, 0.1) is 5.69 Å². The topological polar surface area (TPSA) is 98.6 Å². The highest BCUT2D eigenvalue weighted by atomic mass is 16.5. The van der Waals surface area contributed by atoms with Crippen molar-refractivity contribution in [3.8, 4) is 18.1 Å². The molecule has 3 rings (SSSR count). The Bertz CT molecular complexity index is 972. The van der Waals surface area contributed by atoms with E-state index in [1.807, 2.05) is 0 Å². The molecule has 8 nitrogen and oxygen atoms in total. The van der Waals surface area contributed by atoms with E-state index in [0.29, 0.717) is 17.1 Å². The van der Waals surface area contributed by atoms with E-state index < -0.39 is 12.1 Å². The molecular weight excluding hydrogens is 358 g/mol. The Morgan fingerprint density at radius 3 is 2.46 bits per heavy atom. The van der Waals surface area contributed by atoms with Crippen LogP contribution in [-0.4, -0.2) is 29.5 Å². The third kappa shape index (κ3) is 3.75. The maximum atomic E-state index is 12.9. The molecule has 0 aromatic heterocycles. The molecule has 1 fully saturated rings. The fourth-order valence-corrected chi connectivity index (χ4v) is 2.88. The molecule has 2 aromatic carbocycles. The molecule has 0 radical (unpaired) electrons. The van der Waals surface area contributed by atoms with Crippen LogP contribution in [0.4, 0.5) is 16.2 Å². The van der Waals surface area contributed by atoms with Crippen LogP contribution in [0.15, 0.2) is 53.6 Å². The lowest BCUT2D eigenvalue weighted by atomic mass is 10.2. The number of benzene rings is 2. The molecule has 0 unspecified atom stereocenters. The number of rotatable bonds is 6. The Kier molecular flexibility index (Phi) is 5.49. The first-order valence-corrected chi connectivity index (χ1v) is 8.50. The quantitative estimate of drug-likeness (QED) is 0.251. The second kappa shape index (κ2) is 8.16. The first-order chi connectivity index (χ1) is 13.5. The van der Waals surface area contributed by atoms with Crippen molar-refractivity contribution < 1.29 is 14.3 Å². The summed E-state index contributed by atoms with van der Waals surface area (Å²) < 4.78 is 5.31. The van der Waals surface area contributed by atoms with Gasteiger partial charge in [-0.05, 0) is 42.3 Å². The van der Waals surface area contributed by atoms with E-state index in [4.69, 9.17) is 16.7 Å². The van der Waals surface area contributed by atoms with Gasteiger partial charge < -0.3 is 9.64 Å². The summed E-state index contributed by atoms with van der Waals surface area (Å²) in [6.07, 6.45) is 5.16. The van der Waals surface area contributed by atoms with Gasteiger partial charge in [0.25, 0.3) is 5.91 Å². The van der Waals surface area contributed by atoms with Gasteiger partial charge in [-0.25, -0.2) is 9.69 Å². The molecule has 0 saturated carbocycles. The molecule has 8 heteroatoms. The first kappa shape index (κ1) is 18.8. The van der Waals surface area contributed by atoms with Gasteiger partial charge in [-0.3, -0.25) is 4.79 Å². The van der Waals surface area contributed by atoms with E-state index >= 15 is 0 Å². The second-order valence-corrected chi connectivity index (χ2v) is 6.10. The number of nitrogens with zero attached hydrogens (tertiary/aromatic N) is 5. The lowest BCUT2D eigenvalue weighted by Gasteiger charge is -2.19. The van der Waals surface area contributed by atoms with E-state index in [1.165, 1.54) is 4.90 Å². The number of carbonyl (C=O) groups excluding carboxylic acids is 2. The normalized spacial score (nSPS) is 15.9. The largest absolute Gasteiger partial charge is 0.481 e. The number of ether oxygens (including phenoxy) is 1. The van der Waals surface area contributed by atoms with Crippen molar-refractivity contribution in [2.24, 2.45) is 5.11 Å². The summed E-state index contributed by atoms with van der Waals surface area (Å²) >= 11 is 0. The van der Waals surface area contributed by atoms with E-state index in [2.05, 4.69) is 15.9 Å². The highest BCUT2D eigenvalue weighted by molar-refractivity contribution is 6.21. The standard InChI is InChI=1S/C20H17N5O3/c1-3-12-28-18-10-8-17(9-11-18)25-19(26)14(2)24(20(25)27)13-15-4-6-16(7-5-15)22-23-21/h1,4-11,14H,12-13H2,2H3/t14-/m0/s1. The summed E-state index contributed by atoms with van der Waals surface area (Å²) in [6.45, 7) is 2.10. The molecule has 1 saturated heterocycles. The summed E-state index contributed by atoms with van der Waals surface area (Å²) in [5.41, 5.74) is 10.2. The molecule has 140 valence electrons. The summed E-state index contributed by atoms with van der Waals surface area (Å²) in [6, 6.07) is 12.5. The van der Waals surface area contributed by atoms with Crippen molar-refractivity contribution in [2.75, 3.05) is 11.5 Å². The molecule has 1 aliphatic heterocycles. The molecule has 2 aromatic rings. The number of anilines is 1. The third-order valence-electron chi connectivity index (χ3n) is 4.35. The van der Waals surface area contributed by atoms with Crippen LogP contribution in [0.5, 0.6) is 5.75 Å². The minimum Gasteiger partial charge on any atom is -0.481 e. The first-order valence-electron chi connectivity index (χ1n) is 8.50. The summed E-state index contributed by atoms with van der Waals surface area (Å²) in [7, 11) is 0. The van der Waals surface area contributed by atoms with Crippen LogP contribution in [0, 0.1) is 12.3 Å². The molecule has 0 spiro atoms. The lowest BCUT2D eigenvalue weighted by Crippen LogP contribution is -2.33. The fourth-order valence-electron chi connectivity index (χ4n) is 2.88. The summed E-state index contributed by atoms with van der Waals surface area (Å²) in [4.78, 5) is 30.9. The van der Waals surface area contributed by atoms with E-state index in [-0.39, 0.29) is 19.1 Å². The van der Waals surface area contributed by atoms with Gasteiger partial charge in [0.2, 0.25) is 0 Å². The minimum absolute atomic E-state index is 0.143. The maximum Gasteiger partial charge on any atom is 0.332 e. The highest BCUT2D eigenvalue weighted by Crippen LogP contribution is 2.28. The van der Waals surface area contributed by atoms with Crippen molar-refractivity contribution in [2.45, 2.75) is 19.5 Å². The Balaban J connectivity index is 1.77. The van der Waals surface area contributed by atoms with E-state index in [1.54, 1.807) is 55.5 Å². The molecule has 1 aliphatic rings. The molecule has 0 aliphatic carbocycles. The number of hydrogen-bond donors (Lipinski definition) is 0. The van der Waals surface area contributed by atoms with Gasteiger partial charge in [-0.15, -0.1) is 6.42 Å². The van der Waals surface area contributed by atoms with Crippen LogP contribution in [0.2, 0.25) is 0 Å². The number of hydrogen-bond acceptors (Lipinski definition) is 4. The highest BCUT2D eigenvalue weighted by Gasteiger charge is 2.43. The fraction of sp³-hybridized carbons (Fsp3) is 0.200. The number of terminal acetylenes is 1. The molecule has 3 amide bonds. The van der Waals surface area contributed by atoms with Gasteiger partial charge in [-0.2, -0.15) is 0 Å². The van der Waals surface area contributed by atoms with Gasteiger partial charge in [-0.1, -0.05) is 35.3 Å². The van der Waals surface area contributed by atoms with Crippen molar-refractivity contribution in [3.63, 3.8) is 0 Å². The van der Waals surface area contributed by atoms with Crippen LogP contribution < -0.4 is 9.64 Å². The average molecular weight is 375 g/mol. The lowest BCUT2D eigenvalue weighted by molar-refractivity contribution is -0.119. The van der Waals surface area contributed by atoms with Crippen LogP contribution >= 0.6 is 0 Å². The van der Waals surface area contributed by atoms with Gasteiger partial charge in [0, 0.05) is 17.1 Å². The zero-order valence-corrected chi connectivity index (χ0v) is 15.1. The zero-order valence-electron chi connectivity index (χ0n) is 15.1. The van der Waals surface area contributed by atoms with Gasteiger partial charge in [0.15, 0.2) is 0 Å². The van der Waals surface area contributed by atoms with Gasteiger partial charge >= 0.3 is 6.03 Å². The van der Waals surface area contributed by atoms with Crippen molar-refractivity contribution in [1.82, 2.24) is 4.90 Å². The third-order valence-corrected chi connectivity index (χ3v) is 4.35. The number of amides is 3. The Morgan fingerprint density at radius 2 is 1.86 bits per heavy atom. The number of urea groups is 1. The van der Waals surface area contributed by atoms with Crippen LogP contribution in [-0.2, 0) is 11.3 Å². The maximum absolute atomic E-state index is 12.9. The van der Waals surface area contributed by atoms with Crippen LogP contribution in [0.3, 0.4) is 0 Å². The SMILES string of the molecule is C#CCOc1ccc(N2C(=O)[C@H](C)N(Cc3ccc(N=[N+]=[N-])cc3)C2=O)cc1. The molecule has 1 atom stereocenters. The summed E-state index contributed by atoms with van der Waals surface area (Å²) in [5, 5.41) is 3.52. The number of imide groups is 1. The van der Waals surface area contributed by atoms with Gasteiger partial charge in [0.1, 0.15) is 18.4 Å². The predicted octanol–water partition coefficient (Wildman–Crippen LogP) is 4.00. The van der Waals surface area contributed by atoms with Crippen molar-refractivity contribution in [3.05, 3.63) is 64.5 Å².